The minimum atomic E-state index is -0.818. The smallest absolute Gasteiger partial charge is 0.308 e. The highest BCUT2D eigenvalue weighted by molar-refractivity contribution is 5.92. The maximum absolute atomic E-state index is 11.8. The zero-order chi connectivity index (χ0) is 12.3. The number of hydrogen-bond acceptors (Lipinski definition) is 2. The van der Waals surface area contributed by atoms with Gasteiger partial charge in [0.05, 0.1) is 5.92 Å². The summed E-state index contributed by atoms with van der Waals surface area (Å²) in [5.41, 5.74) is 0.472. The third-order valence-electron chi connectivity index (χ3n) is 3.24. The predicted molar refractivity (Wildman–Crippen MR) is 61.6 cm³/mol. The average molecular weight is 236 g/mol. The highest BCUT2D eigenvalue weighted by Crippen LogP contribution is 2.24. The van der Waals surface area contributed by atoms with Gasteiger partial charge in [0.1, 0.15) is 5.69 Å². The molecule has 2 atom stereocenters. The van der Waals surface area contributed by atoms with Crippen molar-refractivity contribution in [3.05, 3.63) is 24.0 Å². The standard InChI is InChI=1S/C12H16N2O3/c15-11(10-6-3-7-13-10)14-9-5-2-1-4-8(9)12(16)17/h3,6-9,13H,1-2,4-5H2,(H,14,15)(H,16,17). The molecule has 1 fully saturated rings. The number of carbonyl (C=O) groups excluding carboxylic acids is 1. The second kappa shape index (κ2) is 5.03. The summed E-state index contributed by atoms with van der Waals surface area (Å²) in [7, 11) is 0. The van der Waals surface area contributed by atoms with Crippen LogP contribution in [0.1, 0.15) is 36.2 Å². The number of carboxylic acids is 1. The van der Waals surface area contributed by atoms with Crippen LogP contribution < -0.4 is 5.32 Å². The Hall–Kier alpha value is -1.78. The zero-order valence-corrected chi connectivity index (χ0v) is 9.48. The van der Waals surface area contributed by atoms with Crippen LogP contribution in [0.2, 0.25) is 0 Å². The Morgan fingerprint density at radius 1 is 1.35 bits per heavy atom. The van der Waals surface area contributed by atoms with Gasteiger partial charge in [-0.1, -0.05) is 12.8 Å². The number of aromatic nitrogens is 1. The Bertz CT molecular complexity index is 400. The molecule has 3 N–H and O–H groups in total. The topological polar surface area (TPSA) is 82.2 Å². The molecule has 5 nitrogen and oxygen atoms in total. The van der Waals surface area contributed by atoms with Crippen LogP contribution in [0.15, 0.2) is 18.3 Å². The van der Waals surface area contributed by atoms with E-state index in [0.29, 0.717) is 12.1 Å². The summed E-state index contributed by atoms with van der Waals surface area (Å²) < 4.78 is 0. The van der Waals surface area contributed by atoms with Crippen molar-refractivity contribution < 1.29 is 14.7 Å². The number of carboxylic acid groups (broad SMARTS) is 1. The zero-order valence-electron chi connectivity index (χ0n) is 9.48. The fourth-order valence-electron chi connectivity index (χ4n) is 2.32. The molecule has 1 heterocycles. The molecule has 1 amide bonds. The van der Waals surface area contributed by atoms with E-state index in [0.717, 1.165) is 19.3 Å². The lowest BCUT2D eigenvalue weighted by atomic mass is 9.84. The van der Waals surface area contributed by atoms with Gasteiger partial charge in [-0.2, -0.15) is 0 Å². The Morgan fingerprint density at radius 2 is 2.12 bits per heavy atom. The van der Waals surface area contributed by atoms with E-state index in [1.54, 1.807) is 18.3 Å². The van der Waals surface area contributed by atoms with Gasteiger partial charge in [0.15, 0.2) is 0 Å². The van der Waals surface area contributed by atoms with Gasteiger partial charge in [0, 0.05) is 12.2 Å². The lowest BCUT2D eigenvalue weighted by molar-refractivity contribution is -0.143. The van der Waals surface area contributed by atoms with Crippen LogP contribution >= 0.6 is 0 Å². The Balaban J connectivity index is 2.01. The predicted octanol–water partition coefficient (Wildman–Crippen LogP) is 1.39. The fourth-order valence-corrected chi connectivity index (χ4v) is 2.32. The minimum absolute atomic E-state index is 0.229. The molecular weight excluding hydrogens is 220 g/mol. The minimum Gasteiger partial charge on any atom is -0.481 e. The average Bonchev–Trinajstić information content (AvgIpc) is 2.83. The summed E-state index contributed by atoms with van der Waals surface area (Å²) in [4.78, 5) is 25.7. The second-order valence-corrected chi connectivity index (χ2v) is 4.39. The third-order valence-corrected chi connectivity index (χ3v) is 3.24. The number of amides is 1. The van der Waals surface area contributed by atoms with Crippen LogP contribution in [0.5, 0.6) is 0 Å². The van der Waals surface area contributed by atoms with Crippen LogP contribution in [-0.4, -0.2) is 28.0 Å². The largest absolute Gasteiger partial charge is 0.481 e. The van der Waals surface area contributed by atoms with Crippen LogP contribution in [0.3, 0.4) is 0 Å². The maximum atomic E-state index is 11.8. The van der Waals surface area contributed by atoms with Crippen molar-refractivity contribution in [1.82, 2.24) is 10.3 Å². The molecule has 17 heavy (non-hydrogen) atoms. The molecule has 0 spiro atoms. The highest BCUT2D eigenvalue weighted by atomic mass is 16.4. The van der Waals surface area contributed by atoms with Gasteiger partial charge in [0.25, 0.3) is 5.91 Å². The van der Waals surface area contributed by atoms with Crippen LogP contribution in [0.25, 0.3) is 0 Å². The van der Waals surface area contributed by atoms with Gasteiger partial charge in [-0.3, -0.25) is 9.59 Å². The van der Waals surface area contributed by atoms with E-state index in [2.05, 4.69) is 10.3 Å². The monoisotopic (exact) mass is 236 g/mol. The summed E-state index contributed by atoms with van der Waals surface area (Å²) in [5, 5.41) is 11.9. The molecule has 1 aliphatic rings. The molecule has 0 aliphatic heterocycles. The molecule has 92 valence electrons. The molecule has 1 aliphatic carbocycles. The van der Waals surface area contributed by atoms with E-state index < -0.39 is 11.9 Å². The van der Waals surface area contributed by atoms with Gasteiger partial charge in [0.2, 0.25) is 0 Å². The van der Waals surface area contributed by atoms with E-state index >= 15 is 0 Å². The van der Waals surface area contributed by atoms with E-state index in [9.17, 15) is 9.59 Å². The molecule has 1 saturated carbocycles. The first kappa shape index (κ1) is 11.7. The quantitative estimate of drug-likeness (QED) is 0.741. The van der Waals surface area contributed by atoms with Crippen molar-refractivity contribution in [3.8, 4) is 0 Å². The van der Waals surface area contributed by atoms with Crippen molar-refractivity contribution in [2.75, 3.05) is 0 Å². The Kier molecular flexibility index (Phi) is 3.46. The van der Waals surface area contributed by atoms with Gasteiger partial charge in [-0.05, 0) is 25.0 Å². The first-order valence-corrected chi connectivity index (χ1v) is 5.85. The van der Waals surface area contributed by atoms with E-state index in [1.807, 2.05) is 0 Å². The van der Waals surface area contributed by atoms with Gasteiger partial charge in [-0.25, -0.2) is 0 Å². The molecule has 5 heteroatoms. The Morgan fingerprint density at radius 3 is 2.76 bits per heavy atom. The van der Waals surface area contributed by atoms with Crippen molar-refractivity contribution in [1.29, 1.82) is 0 Å². The number of aromatic amines is 1. The second-order valence-electron chi connectivity index (χ2n) is 4.39. The van der Waals surface area contributed by atoms with Crippen LogP contribution in [0, 0.1) is 5.92 Å². The number of hydrogen-bond donors (Lipinski definition) is 3. The van der Waals surface area contributed by atoms with Crippen molar-refractivity contribution in [3.63, 3.8) is 0 Å². The fraction of sp³-hybridized carbons (Fsp3) is 0.500. The number of nitrogens with one attached hydrogen (secondary N) is 2. The first-order chi connectivity index (χ1) is 8.18. The summed E-state index contributed by atoms with van der Waals surface area (Å²) in [6.45, 7) is 0. The SMILES string of the molecule is O=C(NC1CCCCC1C(=O)O)c1ccc[nH]1. The molecule has 0 bridgehead atoms. The molecule has 2 unspecified atom stereocenters. The number of carbonyl (C=O) groups is 2. The van der Waals surface area contributed by atoms with E-state index in [4.69, 9.17) is 5.11 Å². The maximum Gasteiger partial charge on any atom is 0.308 e. The van der Waals surface area contributed by atoms with Crippen LogP contribution in [0.4, 0.5) is 0 Å². The first-order valence-electron chi connectivity index (χ1n) is 5.85. The summed E-state index contributed by atoms with van der Waals surface area (Å²) in [5.74, 6) is -1.50. The van der Waals surface area contributed by atoms with Crippen LogP contribution in [-0.2, 0) is 4.79 Å². The highest BCUT2D eigenvalue weighted by Gasteiger charge is 2.31. The van der Waals surface area contributed by atoms with E-state index in [1.165, 1.54) is 0 Å². The number of H-pyrrole nitrogens is 1. The molecule has 0 radical (unpaired) electrons. The lowest BCUT2D eigenvalue weighted by Gasteiger charge is -2.29. The van der Waals surface area contributed by atoms with Crippen molar-refractivity contribution in [2.45, 2.75) is 31.7 Å². The molecule has 1 aromatic rings. The van der Waals surface area contributed by atoms with Gasteiger partial charge in [-0.15, -0.1) is 0 Å². The Labute approximate surface area is 99.2 Å². The summed E-state index contributed by atoms with van der Waals surface area (Å²) in [6, 6.07) is 3.16. The lowest BCUT2D eigenvalue weighted by Crippen LogP contribution is -2.45. The number of rotatable bonds is 3. The normalized spacial score (nSPS) is 24.2. The van der Waals surface area contributed by atoms with Gasteiger partial charge < -0.3 is 15.4 Å². The van der Waals surface area contributed by atoms with Crippen molar-refractivity contribution >= 4 is 11.9 Å². The van der Waals surface area contributed by atoms with Gasteiger partial charge >= 0.3 is 5.97 Å². The molecule has 2 rings (SSSR count). The van der Waals surface area contributed by atoms with Crippen molar-refractivity contribution in [2.24, 2.45) is 5.92 Å². The third kappa shape index (κ3) is 2.67. The molecule has 1 aromatic heterocycles. The molecule has 0 aromatic carbocycles. The molecular formula is C12H16N2O3. The molecule has 0 saturated heterocycles. The summed E-state index contributed by atoms with van der Waals surface area (Å²) in [6.07, 6.45) is 4.95. The number of aliphatic carboxylic acids is 1. The van der Waals surface area contributed by atoms with E-state index in [-0.39, 0.29) is 11.9 Å². The summed E-state index contributed by atoms with van der Waals surface area (Å²) >= 11 is 0.